The lowest BCUT2D eigenvalue weighted by Gasteiger charge is -2.35. The van der Waals surface area contributed by atoms with Gasteiger partial charge in [0.25, 0.3) is 0 Å². The third-order valence-electron chi connectivity index (χ3n) is 21.7. The summed E-state index contributed by atoms with van der Waals surface area (Å²) in [6, 6.07) is 128. The van der Waals surface area contributed by atoms with Gasteiger partial charge in [0.2, 0.25) is 0 Å². The predicted octanol–water partition coefficient (Wildman–Crippen LogP) is 26.6. The second-order valence-corrected chi connectivity index (χ2v) is 29.9. The van der Waals surface area contributed by atoms with E-state index in [0.29, 0.717) is 0 Å². The van der Waals surface area contributed by atoms with Gasteiger partial charge in [-0.3, -0.25) is 0 Å². The zero-order valence-corrected chi connectivity index (χ0v) is 59.2. The molecule has 0 saturated carbocycles. The maximum atomic E-state index is 4.10. The highest BCUT2D eigenvalue weighted by molar-refractivity contribution is 5.91. The van der Waals surface area contributed by atoms with E-state index in [1.165, 1.54) is 100 Å². The largest absolute Gasteiger partial charge is 0.310 e. The van der Waals surface area contributed by atoms with Crippen LogP contribution >= 0.6 is 0 Å². The Morgan fingerprint density at radius 2 is 0.539 bits per heavy atom. The summed E-state index contributed by atoms with van der Waals surface area (Å²) in [5, 5.41) is 0. The van der Waals surface area contributed by atoms with Crippen LogP contribution in [-0.2, 0) is 34.5 Å². The second-order valence-electron chi connectivity index (χ2n) is 29.9. The van der Waals surface area contributed by atoms with Gasteiger partial charge in [-0.25, -0.2) is 0 Å². The van der Waals surface area contributed by atoms with Gasteiger partial charge in [-0.2, -0.15) is 0 Å². The quantitative estimate of drug-likeness (QED) is 0.0896. The minimum absolute atomic E-state index is 0.00628. The highest BCUT2D eigenvalue weighted by atomic mass is 15.1. The highest BCUT2D eigenvalue weighted by Crippen LogP contribution is 2.58. The van der Waals surface area contributed by atoms with Gasteiger partial charge in [0.1, 0.15) is 0 Å². The summed E-state index contributed by atoms with van der Waals surface area (Å²) < 4.78 is 0. The fourth-order valence-corrected chi connectivity index (χ4v) is 16.2. The fraction of sp³-hybridized carbons (Fsp3) is 0.120. The number of nitrogens with zero attached hydrogens (tertiary/aromatic N) is 2. The Morgan fingerprint density at radius 1 is 0.265 bits per heavy atom. The van der Waals surface area contributed by atoms with E-state index in [-0.39, 0.29) is 10.8 Å². The molecule has 2 atom stereocenters. The molecule has 0 spiro atoms. The van der Waals surface area contributed by atoms with Gasteiger partial charge in [-0.05, 0) is 219 Å². The van der Waals surface area contributed by atoms with Crippen LogP contribution in [-0.4, -0.2) is 0 Å². The second kappa shape index (κ2) is 26.4. The summed E-state index contributed by atoms with van der Waals surface area (Å²) in [6.45, 7) is 22.0. The lowest BCUT2D eigenvalue weighted by Crippen LogP contribution is -2.30. The van der Waals surface area contributed by atoms with Crippen molar-refractivity contribution in [1.29, 1.82) is 0 Å². The highest BCUT2D eigenvalue weighted by Gasteiger charge is 2.47. The Kier molecular flexibility index (Phi) is 16.7. The Labute approximate surface area is 603 Å². The number of rotatable bonds is 17. The van der Waals surface area contributed by atoms with Gasteiger partial charge in [-0.15, -0.1) is 0 Å². The lowest BCUT2D eigenvalue weighted by molar-refractivity contribution is 0.586. The normalized spacial score (nSPS) is 15.0. The summed E-state index contributed by atoms with van der Waals surface area (Å²) in [5.41, 5.74) is 32.8. The van der Waals surface area contributed by atoms with E-state index in [4.69, 9.17) is 0 Å². The van der Waals surface area contributed by atoms with Gasteiger partial charge in [0.15, 0.2) is 0 Å². The molecule has 2 nitrogen and oxygen atoms in total. The van der Waals surface area contributed by atoms with Crippen LogP contribution in [0.4, 0.5) is 34.1 Å². The summed E-state index contributed by atoms with van der Waals surface area (Å²) in [5.74, 6) is 0. The van der Waals surface area contributed by atoms with E-state index in [9.17, 15) is 0 Å². The third-order valence-corrected chi connectivity index (χ3v) is 21.7. The van der Waals surface area contributed by atoms with E-state index in [1.807, 2.05) is 12.2 Å². The molecule has 0 aliphatic heterocycles. The zero-order valence-electron chi connectivity index (χ0n) is 59.2. The monoisotopic (exact) mass is 1310 g/mol. The molecule has 0 saturated heterocycles. The minimum atomic E-state index is -0.497. The van der Waals surface area contributed by atoms with Crippen LogP contribution in [0, 0.1) is 0 Å². The Morgan fingerprint density at radius 3 is 0.843 bits per heavy atom. The van der Waals surface area contributed by atoms with Crippen molar-refractivity contribution in [3.63, 3.8) is 0 Å². The molecule has 0 aromatic heterocycles. The standard InChI is InChI=1S/C100H84N2/c1-9-69-29-33-71(34-30-69)67-99(81-49-45-79(46-50-81)97(3,4)5)93-27-19-17-25-89(93)91-63-61-87(65-95(91)99)101(83-53-37-75(38-54-83)73-21-13-11-14-22-73)85-57-41-77(42-58-85)78-43-59-86(60-44-78)102(84-55-39-76(40-56-84)74-23-15-12-16-24-74)88-62-64-92-90-26-18-20-28-94(90)100(96(92)66-88,68-72-35-31-70(10-2)32-36-72)82-51-47-80(48-52-82)98(6,7)8/h9-66H,1-2,67-68H2,3-8H3. The molecule has 0 radical (unpaired) electrons. The molecule has 0 fully saturated rings. The summed E-state index contributed by atoms with van der Waals surface area (Å²) >= 11 is 0. The lowest BCUT2D eigenvalue weighted by atomic mass is 9.68. The van der Waals surface area contributed by atoms with Gasteiger partial charge in [0, 0.05) is 34.1 Å². The molecule has 2 unspecified atom stereocenters. The van der Waals surface area contributed by atoms with Crippen molar-refractivity contribution in [3.8, 4) is 55.6 Å². The molecule has 0 bridgehead atoms. The van der Waals surface area contributed by atoms with Crippen LogP contribution in [0.3, 0.4) is 0 Å². The van der Waals surface area contributed by atoms with E-state index in [2.05, 4.69) is 404 Å². The molecule has 2 heteroatoms. The maximum absolute atomic E-state index is 4.10. The number of anilines is 6. The average Bonchev–Trinajstić information content (AvgIpc) is 1.55. The molecule has 102 heavy (non-hydrogen) atoms. The summed E-state index contributed by atoms with van der Waals surface area (Å²) in [4.78, 5) is 4.89. The predicted molar refractivity (Wildman–Crippen MR) is 434 cm³/mol. The van der Waals surface area contributed by atoms with Crippen LogP contribution < -0.4 is 9.80 Å². The van der Waals surface area contributed by atoms with E-state index >= 15 is 0 Å². The number of benzene rings is 14. The number of fused-ring (bicyclic) bond motifs is 6. The van der Waals surface area contributed by atoms with E-state index in [0.717, 1.165) is 69.2 Å². The molecule has 14 aromatic rings. The van der Waals surface area contributed by atoms with Crippen LogP contribution in [0.2, 0.25) is 0 Å². The van der Waals surface area contributed by atoms with Crippen LogP contribution in [0.1, 0.15) is 108 Å². The van der Waals surface area contributed by atoms with Gasteiger partial charge in [-0.1, -0.05) is 334 Å². The van der Waals surface area contributed by atoms with Crippen LogP contribution in [0.15, 0.2) is 353 Å². The summed E-state index contributed by atoms with van der Waals surface area (Å²) in [7, 11) is 0. The third kappa shape index (κ3) is 11.8. The van der Waals surface area contributed by atoms with Gasteiger partial charge >= 0.3 is 0 Å². The fourth-order valence-electron chi connectivity index (χ4n) is 16.2. The van der Waals surface area contributed by atoms with Crippen molar-refractivity contribution in [1.82, 2.24) is 0 Å². The molecule has 16 rings (SSSR count). The molecule has 494 valence electrons. The van der Waals surface area contributed by atoms with E-state index in [1.54, 1.807) is 0 Å². The molecule has 0 heterocycles. The minimum Gasteiger partial charge on any atom is -0.310 e. The number of hydrogen-bond donors (Lipinski definition) is 0. The Balaban J connectivity index is 0.804. The van der Waals surface area contributed by atoms with Crippen LogP contribution in [0.25, 0.3) is 67.8 Å². The first-order valence-electron chi connectivity index (χ1n) is 35.9. The first-order valence-corrected chi connectivity index (χ1v) is 35.9. The molecule has 0 amide bonds. The van der Waals surface area contributed by atoms with Crippen LogP contribution in [0.5, 0.6) is 0 Å². The molecule has 2 aliphatic carbocycles. The smallest absolute Gasteiger partial charge is 0.0504 e. The van der Waals surface area contributed by atoms with Crippen molar-refractivity contribution in [2.45, 2.75) is 76.0 Å². The molecule has 14 aromatic carbocycles. The van der Waals surface area contributed by atoms with Crippen molar-refractivity contribution in [3.05, 3.63) is 420 Å². The molecular formula is C100H84N2. The topological polar surface area (TPSA) is 6.48 Å². The van der Waals surface area contributed by atoms with E-state index < -0.39 is 10.8 Å². The zero-order chi connectivity index (χ0) is 69.7. The Bertz CT molecular complexity index is 5020. The van der Waals surface area contributed by atoms with Gasteiger partial charge in [0.05, 0.1) is 10.8 Å². The first-order chi connectivity index (χ1) is 49.7. The summed E-state index contributed by atoms with van der Waals surface area (Å²) in [6.07, 6.45) is 5.43. The van der Waals surface area contributed by atoms with Crippen molar-refractivity contribution in [2.75, 3.05) is 9.80 Å². The average molecular weight is 1310 g/mol. The van der Waals surface area contributed by atoms with Crippen molar-refractivity contribution >= 4 is 46.3 Å². The van der Waals surface area contributed by atoms with Crippen molar-refractivity contribution in [2.24, 2.45) is 0 Å². The molecule has 2 aliphatic rings. The maximum Gasteiger partial charge on any atom is 0.0504 e. The SMILES string of the molecule is C=Cc1ccc(CC2(c3ccc(C(C)(C)C)cc3)c3ccccc3-c3ccc(N(c4ccc(-c5ccccc5)cc4)c4ccc(-c5ccc(N(c6ccc(-c7ccccc7)cc6)c6ccc7c(c6)C(Cc6ccc(C=C)cc6)(c6ccc(C(C)(C)C)cc6)c6ccccc6-7)cc5)cc4)cc32)cc1. The molecule has 0 N–H and O–H groups in total. The number of hydrogen-bond acceptors (Lipinski definition) is 2. The van der Waals surface area contributed by atoms with Gasteiger partial charge < -0.3 is 9.80 Å². The Hall–Kier alpha value is -11.8. The van der Waals surface area contributed by atoms with Crippen molar-refractivity contribution < 1.29 is 0 Å². The molecular weight excluding hydrogens is 1230 g/mol. The first kappa shape index (κ1) is 64.8.